The number of imide groups is 2. The van der Waals surface area contributed by atoms with Crippen LogP contribution in [0.15, 0.2) is 12.7 Å². The van der Waals surface area contributed by atoms with Crippen LogP contribution in [0.5, 0.6) is 0 Å². The molecule has 4 amide bonds. The van der Waals surface area contributed by atoms with Gasteiger partial charge in [-0.25, -0.2) is 4.79 Å². The molecule has 0 bridgehead atoms. The molecular formula is C11H16N2NaO3. The summed E-state index contributed by atoms with van der Waals surface area (Å²) in [4.78, 5) is 34.5. The number of carbonyl (C=O) groups excluding carboxylic acids is 3. The third-order valence-electron chi connectivity index (χ3n) is 2.77. The van der Waals surface area contributed by atoms with Crippen molar-refractivity contribution < 1.29 is 14.4 Å². The molecule has 0 aromatic carbocycles. The number of nitrogens with one attached hydrogen (secondary N) is 2. The summed E-state index contributed by atoms with van der Waals surface area (Å²) in [7, 11) is 0. The monoisotopic (exact) mass is 247 g/mol. The summed E-state index contributed by atoms with van der Waals surface area (Å²) in [6, 6.07) is -0.744. The number of urea groups is 1. The van der Waals surface area contributed by atoms with Gasteiger partial charge < -0.3 is 0 Å². The van der Waals surface area contributed by atoms with Crippen LogP contribution in [0.3, 0.4) is 0 Å². The van der Waals surface area contributed by atoms with E-state index in [0.29, 0.717) is 6.42 Å². The van der Waals surface area contributed by atoms with Crippen LogP contribution in [0.2, 0.25) is 0 Å². The minimum Gasteiger partial charge on any atom is -0.277 e. The van der Waals surface area contributed by atoms with E-state index in [-0.39, 0.29) is 36.0 Å². The van der Waals surface area contributed by atoms with Crippen LogP contribution in [-0.2, 0) is 9.59 Å². The van der Waals surface area contributed by atoms with E-state index >= 15 is 0 Å². The molecule has 0 aromatic heterocycles. The molecule has 0 spiro atoms. The molecule has 1 rings (SSSR count). The van der Waals surface area contributed by atoms with Gasteiger partial charge in [0.25, 0.3) is 0 Å². The molecule has 0 unspecified atom stereocenters. The third-order valence-corrected chi connectivity index (χ3v) is 2.77. The Morgan fingerprint density at radius 2 is 1.76 bits per heavy atom. The number of allylic oxidation sites excluding steroid dienone is 1. The Balaban J connectivity index is 0.00000256. The van der Waals surface area contributed by atoms with Crippen molar-refractivity contribution in [1.82, 2.24) is 10.6 Å². The largest absolute Gasteiger partial charge is 0.328 e. The van der Waals surface area contributed by atoms with E-state index in [1.165, 1.54) is 6.08 Å². The van der Waals surface area contributed by atoms with Crippen LogP contribution >= 0.6 is 0 Å². The maximum atomic E-state index is 11.8. The van der Waals surface area contributed by atoms with Gasteiger partial charge in [0.1, 0.15) is 5.41 Å². The summed E-state index contributed by atoms with van der Waals surface area (Å²) >= 11 is 0. The van der Waals surface area contributed by atoms with Gasteiger partial charge in [0.05, 0.1) is 0 Å². The summed E-state index contributed by atoms with van der Waals surface area (Å²) in [5.41, 5.74) is -1.16. The van der Waals surface area contributed by atoms with Crippen molar-refractivity contribution in [1.29, 1.82) is 0 Å². The van der Waals surface area contributed by atoms with Gasteiger partial charge in [-0.3, -0.25) is 20.2 Å². The first-order valence-electron chi connectivity index (χ1n) is 5.34. The molecule has 6 heteroatoms. The zero-order valence-electron chi connectivity index (χ0n) is 10.3. The maximum Gasteiger partial charge on any atom is 0.328 e. The molecular weight excluding hydrogens is 231 g/mol. The Bertz CT molecular complexity index is 322. The van der Waals surface area contributed by atoms with Gasteiger partial charge >= 0.3 is 6.03 Å². The number of carbonyl (C=O) groups is 3. The Morgan fingerprint density at radius 1 is 1.24 bits per heavy atom. The van der Waals surface area contributed by atoms with Gasteiger partial charge in [-0.2, -0.15) is 0 Å². The molecule has 1 fully saturated rings. The third kappa shape index (κ3) is 3.40. The first kappa shape index (κ1) is 16.4. The van der Waals surface area contributed by atoms with Crippen molar-refractivity contribution in [2.45, 2.75) is 32.6 Å². The second-order valence-electron chi connectivity index (χ2n) is 3.92. The Labute approximate surface area is 123 Å². The van der Waals surface area contributed by atoms with Crippen molar-refractivity contribution in [3.8, 4) is 0 Å². The van der Waals surface area contributed by atoms with Crippen molar-refractivity contribution in [3.05, 3.63) is 12.7 Å². The second-order valence-corrected chi connectivity index (χ2v) is 3.92. The van der Waals surface area contributed by atoms with Gasteiger partial charge in [-0.1, -0.05) is 25.8 Å². The molecule has 1 aliphatic rings. The minimum absolute atomic E-state index is 0. The number of rotatable bonds is 5. The topological polar surface area (TPSA) is 75.3 Å². The summed E-state index contributed by atoms with van der Waals surface area (Å²) in [5.74, 6) is -1.04. The predicted octanol–water partition coefficient (Wildman–Crippen LogP) is 0.724. The van der Waals surface area contributed by atoms with E-state index < -0.39 is 23.3 Å². The second kappa shape index (κ2) is 6.93. The minimum atomic E-state index is -1.16. The maximum absolute atomic E-state index is 11.8. The number of amides is 4. The van der Waals surface area contributed by atoms with E-state index in [2.05, 4.69) is 17.2 Å². The van der Waals surface area contributed by atoms with Crippen LogP contribution in [0.25, 0.3) is 0 Å². The van der Waals surface area contributed by atoms with Crippen LogP contribution in [0.1, 0.15) is 32.6 Å². The fourth-order valence-corrected chi connectivity index (χ4v) is 1.82. The average Bonchev–Trinajstić information content (AvgIpc) is 2.22. The van der Waals surface area contributed by atoms with Crippen LogP contribution in [0.4, 0.5) is 4.79 Å². The standard InChI is InChI=1S/C11H16N2O3.Na/c1-3-5-7-11(6-4-2)8(14)12-10(16)13-9(11)15;/h4H,2-3,5-7H2,1H3,(H2,12,13,14,15,16);. The van der Waals surface area contributed by atoms with E-state index in [4.69, 9.17) is 0 Å². The molecule has 0 aliphatic carbocycles. The van der Waals surface area contributed by atoms with Crippen LogP contribution < -0.4 is 10.6 Å². The molecule has 0 atom stereocenters. The van der Waals surface area contributed by atoms with Crippen molar-refractivity contribution >= 4 is 47.4 Å². The fraction of sp³-hybridized carbons (Fsp3) is 0.545. The number of unbranched alkanes of at least 4 members (excludes halogenated alkanes) is 1. The molecule has 0 aromatic rings. The zero-order chi connectivity index (χ0) is 12.2. The number of barbiturate groups is 1. The zero-order valence-corrected chi connectivity index (χ0v) is 12.3. The van der Waals surface area contributed by atoms with Crippen molar-refractivity contribution in [2.24, 2.45) is 5.41 Å². The summed E-state index contributed by atoms with van der Waals surface area (Å²) in [6.45, 7) is 5.53. The van der Waals surface area contributed by atoms with Gasteiger partial charge in [-0.15, -0.1) is 6.58 Å². The smallest absolute Gasteiger partial charge is 0.277 e. The molecule has 17 heavy (non-hydrogen) atoms. The van der Waals surface area contributed by atoms with E-state index in [1.54, 1.807) is 0 Å². The Hall–Kier alpha value is -0.650. The average molecular weight is 247 g/mol. The first-order valence-corrected chi connectivity index (χ1v) is 5.34. The van der Waals surface area contributed by atoms with E-state index in [0.717, 1.165) is 12.8 Å². The fourth-order valence-electron chi connectivity index (χ4n) is 1.82. The van der Waals surface area contributed by atoms with Gasteiger partial charge in [0, 0.05) is 29.6 Å². The first-order chi connectivity index (χ1) is 7.56. The van der Waals surface area contributed by atoms with Gasteiger partial charge in [0.2, 0.25) is 11.8 Å². The molecule has 1 radical (unpaired) electrons. The Kier molecular flexibility index (Phi) is 6.67. The number of hydrogen-bond acceptors (Lipinski definition) is 3. The molecule has 1 heterocycles. The van der Waals surface area contributed by atoms with Crippen LogP contribution in [-0.4, -0.2) is 47.4 Å². The number of hydrogen-bond donors (Lipinski definition) is 2. The SMILES string of the molecule is C=CCC1(CCCC)C(=O)NC(=O)NC1=O.[Na]. The van der Waals surface area contributed by atoms with Gasteiger partial charge in [0.15, 0.2) is 0 Å². The molecule has 5 nitrogen and oxygen atoms in total. The van der Waals surface area contributed by atoms with Crippen LogP contribution in [0, 0.1) is 5.41 Å². The van der Waals surface area contributed by atoms with Gasteiger partial charge in [-0.05, 0) is 12.8 Å². The predicted molar refractivity (Wildman–Crippen MR) is 64.2 cm³/mol. The van der Waals surface area contributed by atoms with Crippen molar-refractivity contribution in [2.75, 3.05) is 0 Å². The molecule has 1 saturated heterocycles. The summed E-state index contributed by atoms with van der Waals surface area (Å²) < 4.78 is 0. The van der Waals surface area contributed by atoms with E-state index in [9.17, 15) is 14.4 Å². The Morgan fingerprint density at radius 3 is 2.18 bits per heavy atom. The summed E-state index contributed by atoms with van der Waals surface area (Å²) in [5, 5.41) is 4.27. The normalized spacial score (nSPS) is 17.8. The molecule has 1 aliphatic heterocycles. The van der Waals surface area contributed by atoms with E-state index in [1.807, 2.05) is 6.92 Å². The molecule has 0 saturated carbocycles. The molecule has 89 valence electrons. The van der Waals surface area contributed by atoms with Crippen molar-refractivity contribution in [3.63, 3.8) is 0 Å². The molecule has 2 N–H and O–H groups in total. The summed E-state index contributed by atoms with van der Waals surface area (Å²) in [6.07, 6.45) is 3.85. The quantitative estimate of drug-likeness (QED) is 0.427.